The van der Waals surface area contributed by atoms with Crippen LogP contribution in [-0.4, -0.2) is 39.8 Å². The summed E-state index contributed by atoms with van der Waals surface area (Å²) >= 11 is 1.14. The minimum atomic E-state index is -0.162. The van der Waals surface area contributed by atoms with E-state index in [-0.39, 0.29) is 24.5 Å². The molecule has 1 aromatic carbocycles. The summed E-state index contributed by atoms with van der Waals surface area (Å²) in [5.41, 5.74) is 0.813. The lowest BCUT2D eigenvalue weighted by atomic mass is 10.2. The summed E-state index contributed by atoms with van der Waals surface area (Å²) in [5.74, 6) is 0.356. The Kier molecular flexibility index (Phi) is 6.81. The van der Waals surface area contributed by atoms with Gasteiger partial charge < -0.3 is 9.32 Å². The number of carbonyl (C=O) groups is 1. The van der Waals surface area contributed by atoms with E-state index in [1.807, 2.05) is 42.5 Å². The highest BCUT2D eigenvalue weighted by Crippen LogP contribution is 2.23. The molecule has 0 aliphatic rings. The molecule has 0 radical (unpaired) electrons. The third kappa shape index (κ3) is 5.11. The fourth-order valence-electron chi connectivity index (χ4n) is 1.91. The number of amides is 1. The maximum absolute atomic E-state index is 12.2. The molecular weight excluding hydrogens is 326 g/mol. The SMILES string of the molecule is N#CCCN(CCC#N)C(=O)CSc1nnc(-c2ccccc2)o1. The molecule has 0 saturated heterocycles. The van der Waals surface area contributed by atoms with E-state index in [0.717, 1.165) is 17.3 Å². The van der Waals surface area contributed by atoms with E-state index in [9.17, 15) is 4.79 Å². The van der Waals surface area contributed by atoms with Gasteiger partial charge in [-0.25, -0.2) is 0 Å². The van der Waals surface area contributed by atoms with Gasteiger partial charge in [0.1, 0.15) is 0 Å². The van der Waals surface area contributed by atoms with Crippen molar-refractivity contribution < 1.29 is 9.21 Å². The normalized spacial score (nSPS) is 9.92. The van der Waals surface area contributed by atoms with Gasteiger partial charge in [-0.05, 0) is 12.1 Å². The van der Waals surface area contributed by atoms with Crippen molar-refractivity contribution in [2.24, 2.45) is 0 Å². The molecule has 122 valence electrons. The number of benzene rings is 1. The van der Waals surface area contributed by atoms with Crippen molar-refractivity contribution in [1.82, 2.24) is 15.1 Å². The first-order valence-electron chi connectivity index (χ1n) is 7.28. The van der Waals surface area contributed by atoms with E-state index in [1.165, 1.54) is 4.90 Å². The molecule has 1 amide bonds. The van der Waals surface area contributed by atoms with E-state index < -0.39 is 0 Å². The number of nitriles is 2. The van der Waals surface area contributed by atoms with Crippen LogP contribution >= 0.6 is 11.8 Å². The Hall–Kier alpha value is -2.84. The number of thioether (sulfide) groups is 1. The summed E-state index contributed by atoms with van der Waals surface area (Å²) < 4.78 is 5.53. The molecule has 0 fully saturated rings. The largest absolute Gasteiger partial charge is 0.411 e. The quantitative estimate of drug-likeness (QED) is 0.679. The zero-order valence-electron chi connectivity index (χ0n) is 12.9. The molecule has 0 saturated carbocycles. The Morgan fingerprint density at radius 1 is 1.12 bits per heavy atom. The summed E-state index contributed by atoms with van der Waals surface area (Å²) in [6, 6.07) is 13.4. The highest BCUT2D eigenvalue weighted by molar-refractivity contribution is 7.99. The average Bonchev–Trinajstić information content (AvgIpc) is 3.09. The first kappa shape index (κ1) is 17.5. The molecule has 0 bridgehead atoms. The summed E-state index contributed by atoms with van der Waals surface area (Å²) in [6.45, 7) is 0.632. The van der Waals surface area contributed by atoms with Crippen LogP contribution in [0.4, 0.5) is 0 Å². The smallest absolute Gasteiger partial charge is 0.277 e. The van der Waals surface area contributed by atoms with Crippen LogP contribution in [0.2, 0.25) is 0 Å². The predicted molar refractivity (Wildman–Crippen MR) is 87.5 cm³/mol. The fraction of sp³-hybridized carbons (Fsp3) is 0.312. The molecule has 0 aliphatic heterocycles. The van der Waals surface area contributed by atoms with Crippen LogP contribution in [0.1, 0.15) is 12.8 Å². The summed E-state index contributed by atoms with van der Waals surface area (Å²) in [4.78, 5) is 13.7. The minimum Gasteiger partial charge on any atom is -0.411 e. The number of carbonyl (C=O) groups excluding carboxylic acids is 1. The highest BCUT2D eigenvalue weighted by Gasteiger charge is 2.16. The molecule has 2 rings (SSSR count). The van der Waals surface area contributed by atoms with Crippen LogP contribution in [0, 0.1) is 22.7 Å². The third-order valence-corrected chi connectivity index (χ3v) is 3.89. The zero-order valence-corrected chi connectivity index (χ0v) is 13.7. The van der Waals surface area contributed by atoms with E-state index in [0.29, 0.717) is 24.2 Å². The second-order valence-electron chi connectivity index (χ2n) is 4.72. The summed E-state index contributed by atoms with van der Waals surface area (Å²) in [5, 5.41) is 25.5. The molecule has 7 nitrogen and oxygen atoms in total. The zero-order chi connectivity index (χ0) is 17.2. The van der Waals surface area contributed by atoms with E-state index >= 15 is 0 Å². The number of hydrogen-bond donors (Lipinski definition) is 0. The van der Waals surface area contributed by atoms with Crippen molar-refractivity contribution in [2.75, 3.05) is 18.8 Å². The Bertz CT molecular complexity index is 730. The van der Waals surface area contributed by atoms with Crippen LogP contribution in [-0.2, 0) is 4.79 Å². The molecule has 24 heavy (non-hydrogen) atoms. The van der Waals surface area contributed by atoms with Crippen molar-refractivity contribution in [3.63, 3.8) is 0 Å². The van der Waals surface area contributed by atoms with Gasteiger partial charge in [0.2, 0.25) is 11.8 Å². The maximum Gasteiger partial charge on any atom is 0.277 e. The van der Waals surface area contributed by atoms with Crippen molar-refractivity contribution in [3.8, 4) is 23.6 Å². The van der Waals surface area contributed by atoms with Crippen LogP contribution in [0.15, 0.2) is 40.0 Å². The molecular formula is C16H15N5O2S. The van der Waals surface area contributed by atoms with Crippen LogP contribution in [0.3, 0.4) is 0 Å². The van der Waals surface area contributed by atoms with Crippen LogP contribution in [0.25, 0.3) is 11.5 Å². The minimum absolute atomic E-state index is 0.118. The molecule has 0 spiro atoms. The van der Waals surface area contributed by atoms with Crippen LogP contribution in [0.5, 0.6) is 0 Å². The standard InChI is InChI=1S/C16H15N5O2S/c17-8-4-10-21(11-5-9-18)14(22)12-24-16-20-19-15(23-16)13-6-2-1-3-7-13/h1-3,6-7H,4-5,10-12H2. The third-order valence-electron chi connectivity index (χ3n) is 3.09. The molecule has 0 unspecified atom stereocenters. The van der Waals surface area contributed by atoms with E-state index in [1.54, 1.807) is 0 Å². The van der Waals surface area contributed by atoms with Crippen LogP contribution < -0.4 is 0 Å². The lowest BCUT2D eigenvalue weighted by Crippen LogP contribution is -2.34. The Morgan fingerprint density at radius 2 is 1.79 bits per heavy atom. The first-order chi connectivity index (χ1) is 11.7. The lowest BCUT2D eigenvalue weighted by molar-refractivity contribution is -0.128. The topological polar surface area (TPSA) is 107 Å². The summed E-state index contributed by atoms with van der Waals surface area (Å²) in [6.07, 6.45) is 0.473. The van der Waals surface area contributed by atoms with Gasteiger partial charge in [0.05, 0.1) is 30.7 Å². The first-order valence-corrected chi connectivity index (χ1v) is 8.26. The predicted octanol–water partition coefficient (Wildman–Crippen LogP) is 2.48. The number of rotatable bonds is 8. The number of aromatic nitrogens is 2. The molecule has 1 heterocycles. The van der Waals surface area contributed by atoms with Crippen molar-refractivity contribution in [1.29, 1.82) is 10.5 Å². The number of hydrogen-bond acceptors (Lipinski definition) is 7. The molecule has 0 atom stereocenters. The van der Waals surface area contributed by atoms with Gasteiger partial charge in [-0.3, -0.25) is 4.79 Å². The fourth-order valence-corrected chi connectivity index (χ4v) is 2.58. The van der Waals surface area contributed by atoms with Gasteiger partial charge in [0.15, 0.2) is 0 Å². The van der Waals surface area contributed by atoms with Gasteiger partial charge >= 0.3 is 0 Å². The second-order valence-corrected chi connectivity index (χ2v) is 5.65. The lowest BCUT2D eigenvalue weighted by Gasteiger charge is -2.19. The Balaban J connectivity index is 1.92. The van der Waals surface area contributed by atoms with Gasteiger partial charge in [0.25, 0.3) is 5.22 Å². The monoisotopic (exact) mass is 341 g/mol. The number of nitrogens with zero attached hydrogens (tertiary/aromatic N) is 5. The molecule has 0 N–H and O–H groups in total. The van der Waals surface area contributed by atoms with Gasteiger partial charge in [-0.1, -0.05) is 30.0 Å². The van der Waals surface area contributed by atoms with Crippen molar-refractivity contribution >= 4 is 17.7 Å². The summed E-state index contributed by atoms with van der Waals surface area (Å²) in [7, 11) is 0. The molecule has 2 aromatic rings. The Morgan fingerprint density at radius 3 is 2.42 bits per heavy atom. The maximum atomic E-state index is 12.2. The van der Waals surface area contributed by atoms with Crippen molar-refractivity contribution in [2.45, 2.75) is 18.1 Å². The molecule has 8 heteroatoms. The van der Waals surface area contributed by atoms with Gasteiger partial charge in [-0.15, -0.1) is 10.2 Å². The second kappa shape index (κ2) is 9.33. The average molecular weight is 341 g/mol. The van der Waals surface area contributed by atoms with E-state index in [2.05, 4.69) is 10.2 Å². The van der Waals surface area contributed by atoms with Gasteiger partial charge in [0, 0.05) is 18.7 Å². The van der Waals surface area contributed by atoms with Gasteiger partial charge in [-0.2, -0.15) is 10.5 Å². The Labute approximate surface area is 143 Å². The molecule has 1 aromatic heterocycles. The highest BCUT2D eigenvalue weighted by atomic mass is 32.2. The van der Waals surface area contributed by atoms with E-state index in [4.69, 9.17) is 14.9 Å². The van der Waals surface area contributed by atoms with Crippen molar-refractivity contribution in [3.05, 3.63) is 30.3 Å². The molecule has 0 aliphatic carbocycles.